The van der Waals surface area contributed by atoms with Crippen LogP contribution >= 0.6 is 11.6 Å². The van der Waals surface area contributed by atoms with Crippen molar-refractivity contribution < 1.29 is 4.39 Å². The van der Waals surface area contributed by atoms with Gasteiger partial charge in [0.05, 0.1) is 5.02 Å². The second-order valence-corrected chi connectivity index (χ2v) is 4.93. The quantitative estimate of drug-likeness (QED) is 0.602. The lowest BCUT2D eigenvalue weighted by molar-refractivity contribution is 0.393. The second-order valence-electron chi connectivity index (χ2n) is 4.52. The molecule has 3 N–H and O–H groups in total. The van der Waals surface area contributed by atoms with Crippen molar-refractivity contribution in [2.45, 2.75) is 39.2 Å². The van der Waals surface area contributed by atoms with Crippen LogP contribution in [0.25, 0.3) is 0 Å². The van der Waals surface area contributed by atoms with Gasteiger partial charge in [0, 0.05) is 6.04 Å². The fourth-order valence-electron chi connectivity index (χ4n) is 2.04. The predicted molar refractivity (Wildman–Crippen MR) is 70.2 cm³/mol. The lowest BCUT2D eigenvalue weighted by atomic mass is 9.93. The summed E-state index contributed by atoms with van der Waals surface area (Å²) < 4.78 is 13.4. The van der Waals surface area contributed by atoms with Gasteiger partial charge in [-0.3, -0.25) is 11.3 Å². The highest BCUT2D eigenvalue weighted by atomic mass is 35.5. The van der Waals surface area contributed by atoms with E-state index < -0.39 is 5.82 Å². The van der Waals surface area contributed by atoms with E-state index in [9.17, 15) is 4.39 Å². The summed E-state index contributed by atoms with van der Waals surface area (Å²) >= 11 is 5.66. The number of nitrogens with one attached hydrogen (secondary N) is 1. The predicted octanol–water partition coefficient (Wildman–Crippen LogP) is 3.81. The van der Waals surface area contributed by atoms with Gasteiger partial charge >= 0.3 is 0 Å². The minimum Gasteiger partial charge on any atom is -0.271 e. The first kappa shape index (κ1) is 14.4. The van der Waals surface area contributed by atoms with E-state index in [0.717, 1.165) is 24.8 Å². The van der Waals surface area contributed by atoms with Gasteiger partial charge in [0.2, 0.25) is 0 Å². The Balaban J connectivity index is 2.75. The Morgan fingerprint density at radius 1 is 1.47 bits per heavy atom. The van der Waals surface area contributed by atoms with Crippen molar-refractivity contribution in [2.75, 3.05) is 0 Å². The van der Waals surface area contributed by atoms with Crippen LogP contribution in [-0.2, 0) is 0 Å². The highest BCUT2D eigenvalue weighted by Crippen LogP contribution is 2.25. The molecule has 0 radical (unpaired) electrons. The van der Waals surface area contributed by atoms with Gasteiger partial charge in [-0.2, -0.15) is 0 Å². The van der Waals surface area contributed by atoms with Gasteiger partial charge in [-0.1, -0.05) is 44.4 Å². The summed E-state index contributed by atoms with van der Waals surface area (Å²) in [6.45, 7) is 4.34. The van der Waals surface area contributed by atoms with Gasteiger partial charge < -0.3 is 0 Å². The summed E-state index contributed by atoms with van der Waals surface area (Å²) in [6.07, 6.45) is 3.19. The molecule has 17 heavy (non-hydrogen) atoms. The Morgan fingerprint density at radius 3 is 2.71 bits per heavy atom. The SMILES string of the molecule is CCCC(C)CC(NN)c1ccc(Cl)c(F)c1. The average Bonchev–Trinajstić information content (AvgIpc) is 2.30. The van der Waals surface area contributed by atoms with Crippen LogP contribution in [0.2, 0.25) is 5.02 Å². The minimum absolute atomic E-state index is 0.0247. The number of rotatable bonds is 6. The van der Waals surface area contributed by atoms with Gasteiger partial charge in [-0.25, -0.2) is 4.39 Å². The highest BCUT2D eigenvalue weighted by Gasteiger charge is 2.15. The molecule has 1 aromatic rings. The van der Waals surface area contributed by atoms with E-state index in [0.29, 0.717) is 5.92 Å². The third-order valence-electron chi connectivity index (χ3n) is 2.97. The average molecular weight is 259 g/mol. The molecule has 0 spiro atoms. The van der Waals surface area contributed by atoms with Crippen LogP contribution in [0.1, 0.15) is 44.7 Å². The van der Waals surface area contributed by atoms with Crippen molar-refractivity contribution in [2.24, 2.45) is 11.8 Å². The first-order valence-corrected chi connectivity index (χ1v) is 6.37. The lowest BCUT2D eigenvalue weighted by Crippen LogP contribution is -2.29. The van der Waals surface area contributed by atoms with Crippen LogP contribution in [-0.4, -0.2) is 0 Å². The topological polar surface area (TPSA) is 38.0 Å². The van der Waals surface area contributed by atoms with Crippen molar-refractivity contribution in [1.82, 2.24) is 5.43 Å². The maximum absolute atomic E-state index is 13.4. The fraction of sp³-hybridized carbons (Fsp3) is 0.538. The minimum atomic E-state index is -0.396. The van der Waals surface area contributed by atoms with Gasteiger partial charge in [-0.15, -0.1) is 0 Å². The molecule has 0 saturated heterocycles. The number of hydrogen-bond acceptors (Lipinski definition) is 2. The summed E-state index contributed by atoms with van der Waals surface area (Å²) in [5.74, 6) is 5.69. The molecular weight excluding hydrogens is 239 g/mol. The summed E-state index contributed by atoms with van der Waals surface area (Å²) in [5.41, 5.74) is 3.59. The number of benzene rings is 1. The van der Waals surface area contributed by atoms with E-state index in [4.69, 9.17) is 17.4 Å². The van der Waals surface area contributed by atoms with E-state index in [1.807, 2.05) is 6.07 Å². The van der Waals surface area contributed by atoms with Crippen LogP contribution < -0.4 is 11.3 Å². The van der Waals surface area contributed by atoms with Crippen LogP contribution in [0, 0.1) is 11.7 Å². The molecule has 0 aliphatic rings. The molecule has 0 aliphatic heterocycles. The summed E-state index contributed by atoms with van der Waals surface area (Å²) in [7, 11) is 0. The molecule has 0 aromatic heterocycles. The van der Waals surface area contributed by atoms with Crippen LogP contribution in [0.5, 0.6) is 0 Å². The van der Waals surface area contributed by atoms with Crippen molar-refractivity contribution in [1.29, 1.82) is 0 Å². The Labute approximate surface area is 107 Å². The van der Waals surface area contributed by atoms with E-state index in [-0.39, 0.29) is 11.1 Å². The molecule has 1 aromatic carbocycles. The first-order valence-electron chi connectivity index (χ1n) is 5.99. The van der Waals surface area contributed by atoms with E-state index in [1.165, 1.54) is 6.07 Å². The third-order valence-corrected chi connectivity index (χ3v) is 3.27. The van der Waals surface area contributed by atoms with Crippen LogP contribution in [0.15, 0.2) is 18.2 Å². The van der Waals surface area contributed by atoms with Crippen molar-refractivity contribution in [3.63, 3.8) is 0 Å². The first-order chi connectivity index (χ1) is 8.08. The maximum atomic E-state index is 13.4. The Kier molecular flexibility index (Phi) is 5.89. The molecule has 2 unspecified atom stereocenters. The maximum Gasteiger partial charge on any atom is 0.142 e. The molecule has 0 aliphatic carbocycles. The Morgan fingerprint density at radius 2 is 2.18 bits per heavy atom. The molecule has 0 amide bonds. The zero-order chi connectivity index (χ0) is 12.8. The molecule has 2 nitrogen and oxygen atoms in total. The summed E-state index contributed by atoms with van der Waals surface area (Å²) in [4.78, 5) is 0. The van der Waals surface area contributed by atoms with E-state index in [1.54, 1.807) is 6.07 Å². The smallest absolute Gasteiger partial charge is 0.142 e. The number of hydrogen-bond donors (Lipinski definition) is 2. The zero-order valence-electron chi connectivity index (χ0n) is 10.3. The zero-order valence-corrected chi connectivity index (χ0v) is 11.1. The van der Waals surface area contributed by atoms with Crippen LogP contribution in [0.4, 0.5) is 4.39 Å². The number of halogens is 2. The van der Waals surface area contributed by atoms with Crippen molar-refractivity contribution in [3.05, 3.63) is 34.6 Å². The second kappa shape index (κ2) is 6.94. The largest absolute Gasteiger partial charge is 0.271 e. The Bertz CT molecular complexity index is 357. The lowest BCUT2D eigenvalue weighted by Gasteiger charge is -2.20. The molecule has 0 heterocycles. The standard InChI is InChI=1S/C13H20ClFN2/c1-3-4-9(2)7-13(17-16)10-5-6-11(14)12(15)8-10/h5-6,8-9,13,17H,3-4,7,16H2,1-2H3. The number of nitrogens with two attached hydrogens (primary N) is 1. The molecule has 0 fully saturated rings. The number of hydrazine groups is 1. The third kappa shape index (κ3) is 4.26. The molecule has 4 heteroatoms. The van der Waals surface area contributed by atoms with Crippen molar-refractivity contribution in [3.8, 4) is 0 Å². The summed E-state index contributed by atoms with van der Waals surface area (Å²) in [6, 6.07) is 4.81. The van der Waals surface area contributed by atoms with Gasteiger partial charge in [0.1, 0.15) is 5.82 Å². The molecule has 2 atom stereocenters. The molecular formula is C13H20ClFN2. The van der Waals surface area contributed by atoms with Crippen LogP contribution in [0.3, 0.4) is 0 Å². The Hall–Kier alpha value is -0.640. The molecule has 96 valence electrons. The normalized spacial score (nSPS) is 14.6. The molecule has 1 rings (SSSR count). The van der Waals surface area contributed by atoms with Gasteiger partial charge in [0.25, 0.3) is 0 Å². The monoisotopic (exact) mass is 258 g/mol. The van der Waals surface area contributed by atoms with E-state index in [2.05, 4.69) is 19.3 Å². The van der Waals surface area contributed by atoms with Gasteiger partial charge in [-0.05, 0) is 30.0 Å². The fourth-order valence-corrected chi connectivity index (χ4v) is 2.16. The van der Waals surface area contributed by atoms with E-state index >= 15 is 0 Å². The van der Waals surface area contributed by atoms with Crippen molar-refractivity contribution >= 4 is 11.6 Å². The summed E-state index contributed by atoms with van der Waals surface area (Å²) in [5, 5.41) is 0.145. The molecule has 0 bridgehead atoms. The molecule has 0 saturated carbocycles. The highest BCUT2D eigenvalue weighted by molar-refractivity contribution is 6.30. The van der Waals surface area contributed by atoms with Gasteiger partial charge in [0.15, 0.2) is 0 Å².